The van der Waals surface area contributed by atoms with E-state index in [1.165, 1.54) is 24.4 Å². The average Bonchev–Trinajstić information content (AvgIpc) is 3.16. The summed E-state index contributed by atoms with van der Waals surface area (Å²) in [5, 5.41) is 6.08. The summed E-state index contributed by atoms with van der Waals surface area (Å²) in [6, 6.07) is 17.5. The number of alkyl halides is 2. The highest BCUT2D eigenvalue weighted by atomic mass is 127. The monoisotopic (exact) mass is 604 g/mol. The van der Waals surface area contributed by atoms with Gasteiger partial charge in [0.2, 0.25) is 0 Å². The van der Waals surface area contributed by atoms with Crippen LogP contribution in [0.2, 0.25) is 0 Å². The van der Waals surface area contributed by atoms with Crippen molar-refractivity contribution in [3.8, 4) is 0 Å². The highest BCUT2D eigenvalue weighted by molar-refractivity contribution is 14.1. The number of nitrogens with one attached hydrogen (secondary N) is 1. The van der Waals surface area contributed by atoms with Crippen LogP contribution in [-0.4, -0.2) is 43.9 Å². The lowest BCUT2D eigenvalue weighted by Crippen LogP contribution is -2.44. The van der Waals surface area contributed by atoms with Crippen molar-refractivity contribution < 1.29 is 23.5 Å². The van der Waals surface area contributed by atoms with Gasteiger partial charge in [-0.1, -0.05) is 64.1 Å². The number of carbonyl (C=O) groups is 2. The molecule has 36 heavy (non-hydrogen) atoms. The normalized spacial score (nSPS) is 22.9. The topological polar surface area (TPSA) is 148 Å². The summed E-state index contributed by atoms with van der Waals surface area (Å²) in [5.74, 6) is -1.39. The minimum Gasteiger partial charge on any atom is -0.452 e. The lowest BCUT2D eigenvalue weighted by molar-refractivity contribution is -0.0871. The first-order valence-corrected chi connectivity index (χ1v) is 12.1. The average molecular weight is 604 g/mol. The Morgan fingerprint density at radius 2 is 1.81 bits per heavy atom. The molecule has 4 atom stereocenters. The number of anilines is 1. The van der Waals surface area contributed by atoms with E-state index in [9.17, 15) is 14.4 Å². The number of rotatable bonds is 7. The Morgan fingerprint density at radius 3 is 2.39 bits per heavy atom. The molecule has 184 valence electrons. The van der Waals surface area contributed by atoms with Gasteiger partial charge in [0.15, 0.2) is 24.2 Å². The van der Waals surface area contributed by atoms with Crippen molar-refractivity contribution in [2.45, 2.75) is 24.2 Å². The molecule has 1 N–H and O–H groups in total. The zero-order valence-corrected chi connectivity index (χ0v) is 20.6. The molecule has 0 spiro atoms. The van der Waals surface area contributed by atoms with E-state index in [-0.39, 0.29) is 15.8 Å². The van der Waals surface area contributed by atoms with Crippen LogP contribution in [0.25, 0.3) is 10.4 Å². The maximum atomic E-state index is 15.7. The maximum Gasteiger partial charge on any atom is 0.351 e. The van der Waals surface area contributed by atoms with E-state index in [0.717, 1.165) is 4.57 Å². The van der Waals surface area contributed by atoms with Gasteiger partial charge in [0.1, 0.15) is 5.82 Å². The van der Waals surface area contributed by atoms with Crippen LogP contribution in [0.15, 0.2) is 82.8 Å². The van der Waals surface area contributed by atoms with Gasteiger partial charge < -0.3 is 14.8 Å². The molecule has 2 heterocycles. The number of aromatic nitrogens is 2. The summed E-state index contributed by atoms with van der Waals surface area (Å²) in [4.78, 5) is 44.2. The number of hydrogen-bond donors (Lipinski definition) is 1. The van der Waals surface area contributed by atoms with Gasteiger partial charge in [0.25, 0.3) is 5.91 Å². The van der Waals surface area contributed by atoms with Crippen LogP contribution in [0, 0.1) is 0 Å². The fraction of sp³-hybridized carbons (Fsp3) is 0.217. The molecule has 0 aliphatic carbocycles. The molecule has 1 fully saturated rings. The second-order valence-electron chi connectivity index (χ2n) is 7.64. The molecule has 0 bridgehead atoms. The number of amides is 1. The molecule has 1 aromatic heterocycles. The zero-order valence-electron chi connectivity index (χ0n) is 18.4. The molecule has 11 nitrogen and oxygen atoms in total. The Hall–Kier alpha value is -3.81. The summed E-state index contributed by atoms with van der Waals surface area (Å²) in [6.07, 6.45) is -4.16. The van der Waals surface area contributed by atoms with Gasteiger partial charge in [-0.25, -0.2) is 14.0 Å². The first-order chi connectivity index (χ1) is 17.4. The van der Waals surface area contributed by atoms with Crippen LogP contribution in [0.4, 0.5) is 10.2 Å². The number of halogens is 2. The van der Waals surface area contributed by atoms with Gasteiger partial charge >= 0.3 is 11.7 Å². The predicted molar refractivity (Wildman–Crippen MR) is 134 cm³/mol. The molecule has 1 aliphatic heterocycles. The van der Waals surface area contributed by atoms with Gasteiger partial charge in [-0.2, -0.15) is 4.98 Å². The molecule has 4 rings (SSSR count). The highest BCUT2D eigenvalue weighted by Gasteiger charge is 2.58. The SMILES string of the molecule is [N-]=[N+]=N[C@]1(CI)O[C@@H](n2ccc(NC(=O)c3ccccc3)nc2=O)[C@H](F)[C@@H]1OC(=O)c1ccccc1. The van der Waals surface area contributed by atoms with Crippen LogP contribution in [0.3, 0.4) is 0 Å². The Balaban J connectivity index is 1.60. The molecular formula is C23H18FIN6O5. The Morgan fingerprint density at radius 1 is 1.17 bits per heavy atom. The largest absolute Gasteiger partial charge is 0.452 e. The summed E-state index contributed by atoms with van der Waals surface area (Å²) < 4.78 is 27.5. The summed E-state index contributed by atoms with van der Waals surface area (Å²) >= 11 is 1.82. The quantitative estimate of drug-likeness (QED) is 0.108. The third-order valence-corrected chi connectivity index (χ3v) is 6.45. The molecule has 0 saturated carbocycles. The molecule has 1 aliphatic rings. The Labute approximate surface area is 217 Å². The fourth-order valence-electron chi connectivity index (χ4n) is 3.61. The van der Waals surface area contributed by atoms with Gasteiger partial charge in [0, 0.05) is 21.1 Å². The molecule has 1 saturated heterocycles. The third kappa shape index (κ3) is 5.08. The molecule has 1 amide bonds. The van der Waals surface area contributed by atoms with Crippen molar-refractivity contribution in [3.05, 3.63) is 105 Å². The van der Waals surface area contributed by atoms with E-state index >= 15 is 4.39 Å². The molecule has 2 aromatic carbocycles. The number of azide groups is 1. The number of benzene rings is 2. The third-order valence-electron chi connectivity index (χ3n) is 5.36. The number of hydrogen-bond acceptors (Lipinski definition) is 7. The highest BCUT2D eigenvalue weighted by Crippen LogP contribution is 2.43. The zero-order chi connectivity index (χ0) is 25.7. The van der Waals surface area contributed by atoms with Gasteiger partial charge in [-0.15, -0.1) is 0 Å². The Bertz CT molecular complexity index is 1370. The first kappa shape index (κ1) is 25.3. The van der Waals surface area contributed by atoms with E-state index in [4.69, 9.17) is 15.0 Å². The lowest BCUT2D eigenvalue weighted by Gasteiger charge is -2.27. The van der Waals surface area contributed by atoms with Crippen LogP contribution >= 0.6 is 22.6 Å². The van der Waals surface area contributed by atoms with E-state index in [0.29, 0.717) is 5.56 Å². The summed E-state index contributed by atoms with van der Waals surface area (Å²) in [6.45, 7) is 0. The first-order valence-electron chi connectivity index (χ1n) is 10.5. The van der Waals surface area contributed by atoms with Gasteiger partial charge in [-0.3, -0.25) is 9.36 Å². The van der Waals surface area contributed by atoms with Crippen LogP contribution in [0.1, 0.15) is 26.9 Å². The minimum absolute atomic E-state index is 0.0548. The van der Waals surface area contributed by atoms with Crippen molar-refractivity contribution in [1.29, 1.82) is 0 Å². The second-order valence-corrected chi connectivity index (χ2v) is 8.40. The van der Waals surface area contributed by atoms with Crippen LogP contribution in [-0.2, 0) is 9.47 Å². The van der Waals surface area contributed by atoms with Crippen molar-refractivity contribution in [1.82, 2.24) is 9.55 Å². The molecule has 0 unspecified atom stereocenters. The number of carbonyl (C=O) groups excluding carboxylic acids is 2. The minimum atomic E-state index is -2.08. The number of esters is 1. The number of nitrogens with zero attached hydrogens (tertiary/aromatic N) is 5. The van der Waals surface area contributed by atoms with Crippen molar-refractivity contribution >= 4 is 40.3 Å². The second kappa shape index (κ2) is 10.8. The molecule has 0 radical (unpaired) electrons. The van der Waals surface area contributed by atoms with Crippen molar-refractivity contribution in [2.75, 3.05) is 9.74 Å². The number of ether oxygens (including phenoxy) is 2. The van der Waals surface area contributed by atoms with Gasteiger partial charge in [-0.05, 0) is 35.9 Å². The molecular weight excluding hydrogens is 586 g/mol. The van der Waals surface area contributed by atoms with Gasteiger partial charge in [0.05, 0.1) is 5.56 Å². The van der Waals surface area contributed by atoms with Crippen LogP contribution in [0.5, 0.6) is 0 Å². The fourth-order valence-corrected chi connectivity index (χ4v) is 4.38. The van der Waals surface area contributed by atoms with E-state index in [1.807, 2.05) is 22.6 Å². The predicted octanol–water partition coefficient (Wildman–Crippen LogP) is 4.03. The van der Waals surface area contributed by atoms with E-state index in [2.05, 4.69) is 20.3 Å². The standard InChI is InChI=1S/C23H18FIN6O5/c24-17-18(35-21(33)15-9-5-2-6-10-15)23(13-25,29-30-26)36-20(17)31-12-11-16(28-22(31)34)27-19(32)14-7-3-1-4-8-14/h1-12,17-18,20H,13H2,(H,27,28,32,34)/t17-,18+,20-,23-/m1/s1. The summed E-state index contributed by atoms with van der Waals surface area (Å²) in [7, 11) is 0. The molecule has 13 heteroatoms. The Kier molecular flexibility index (Phi) is 7.62. The lowest BCUT2D eigenvalue weighted by atomic mass is 10.1. The van der Waals surface area contributed by atoms with Crippen molar-refractivity contribution in [3.63, 3.8) is 0 Å². The van der Waals surface area contributed by atoms with Crippen molar-refractivity contribution in [2.24, 2.45) is 5.11 Å². The van der Waals surface area contributed by atoms with E-state index in [1.54, 1.807) is 48.5 Å². The van der Waals surface area contributed by atoms with Crippen LogP contribution < -0.4 is 11.0 Å². The maximum absolute atomic E-state index is 15.7. The smallest absolute Gasteiger partial charge is 0.351 e. The summed E-state index contributed by atoms with van der Waals surface area (Å²) in [5.41, 5.74) is 6.76. The van der Waals surface area contributed by atoms with E-state index < -0.39 is 41.8 Å². The molecule has 3 aromatic rings.